The van der Waals surface area contributed by atoms with Crippen molar-refractivity contribution in [1.82, 2.24) is 55.7 Å². The van der Waals surface area contributed by atoms with Crippen LogP contribution in [0.15, 0.2) is 103 Å². The molecule has 1 saturated heterocycles. The molecule has 0 radical (unpaired) electrons. The first kappa shape index (κ1) is 53.4. The van der Waals surface area contributed by atoms with E-state index in [1.54, 1.807) is 56.8 Å². The van der Waals surface area contributed by atoms with Crippen LogP contribution in [0.4, 0.5) is 14.6 Å². The Labute approximate surface area is 465 Å². The topological polar surface area (TPSA) is 231 Å². The quantitative estimate of drug-likeness (QED) is 0.0524. The van der Waals surface area contributed by atoms with Crippen LogP contribution in [0.2, 0.25) is 0 Å². The number of pyridine rings is 1. The normalized spacial score (nSPS) is 18.9. The van der Waals surface area contributed by atoms with Gasteiger partial charge < -0.3 is 44.9 Å². The van der Waals surface area contributed by atoms with Crippen molar-refractivity contribution in [2.24, 2.45) is 5.92 Å². The zero-order chi connectivity index (χ0) is 56.2. The van der Waals surface area contributed by atoms with Gasteiger partial charge in [0.1, 0.15) is 54.0 Å². The van der Waals surface area contributed by atoms with Gasteiger partial charge in [0.2, 0.25) is 11.8 Å². The monoisotopic (exact) mass is 1100 g/mol. The first-order valence-electron chi connectivity index (χ1n) is 27.4. The summed E-state index contributed by atoms with van der Waals surface area (Å²) in [5.74, 6) is -0.763. The zero-order valence-corrected chi connectivity index (χ0v) is 45.4. The van der Waals surface area contributed by atoms with Crippen molar-refractivity contribution >= 4 is 39.4 Å². The summed E-state index contributed by atoms with van der Waals surface area (Å²) in [5, 5.41) is 45.5. The van der Waals surface area contributed by atoms with Gasteiger partial charge in [-0.05, 0) is 90.6 Å². The molecule has 418 valence electrons. The summed E-state index contributed by atoms with van der Waals surface area (Å²) >= 11 is 0. The molecule has 5 N–H and O–H groups in total. The van der Waals surface area contributed by atoms with Crippen LogP contribution in [0.3, 0.4) is 0 Å². The van der Waals surface area contributed by atoms with Crippen LogP contribution >= 0.6 is 0 Å². The van der Waals surface area contributed by atoms with Gasteiger partial charge in [-0.1, -0.05) is 67.6 Å². The van der Waals surface area contributed by atoms with Crippen molar-refractivity contribution in [3.8, 4) is 45.3 Å². The van der Waals surface area contributed by atoms with Gasteiger partial charge in [0, 0.05) is 84.1 Å². The summed E-state index contributed by atoms with van der Waals surface area (Å²) in [7, 11) is 1.62. The maximum absolute atomic E-state index is 16.1. The highest BCUT2D eigenvalue weighted by molar-refractivity contribution is 6.06. The van der Waals surface area contributed by atoms with E-state index >= 15 is 4.39 Å². The van der Waals surface area contributed by atoms with E-state index in [4.69, 9.17) is 24.2 Å². The molecule has 7 heterocycles. The maximum Gasteiger partial charge on any atom is 0.319 e. The number of nitrogens with zero attached hydrogens (tertiary/aromatic N) is 9. The number of aromatic amines is 1. The minimum Gasteiger partial charge on any atom is -0.486 e. The molecule has 6 atom stereocenters. The average molecular weight is 1100 g/mol. The number of rotatable bonds is 19. The number of nitrogens with one attached hydrogen (secondary N) is 3. The lowest BCUT2D eigenvalue weighted by Gasteiger charge is -2.30. The molecule has 3 aliphatic heterocycles. The van der Waals surface area contributed by atoms with Crippen LogP contribution in [-0.2, 0) is 20.9 Å². The number of piperazine rings is 1. The molecule has 2 fully saturated rings. The molecule has 2 bridgehead atoms. The minimum absolute atomic E-state index is 0.00452. The zero-order valence-electron chi connectivity index (χ0n) is 45.4. The van der Waals surface area contributed by atoms with Gasteiger partial charge in [0.25, 0.3) is 0 Å². The first-order valence-corrected chi connectivity index (χ1v) is 27.4. The smallest absolute Gasteiger partial charge is 0.319 e. The Hall–Kier alpha value is -8.24. The second-order valence-electron chi connectivity index (χ2n) is 21.8. The molecule has 81 heavy (non-hydrogen) atoms. The van der Waals surface area contributed by atoms with E-state index in [-0.39, 0.29) is 62.0 Å². The van der Waals surface area contributed by atoms with Crippen LogP contribution in [0.25, 0.3) is 55.3 Å². The van der Waals surface area contributed by atoms with Crippen LogP contribution in [-0.4, -0.2) is 131 Å². The Morgan fingerprint density at radius 3 is 2.42 bits per heavy atom. The second-order valence-corrected chi connectivity index (χ2v) is 21.8. The number of hydrogen-bond acceptors (Lipinski definition) is 15. The first-order chi connectivity index (χ1) is 39.2. The number of aliphatic hydroxyl groups is 2. The Balaban J connectivity index is 0.820. The van der Waals surface area contributed by atoms with Gasteiger partial charge in [-0.25, -0.2) is 13.5 Å². The lowest BCUT2D eigenvalue weighted by molar-refractivity contribution is -0.142. The fourth-order valence-electron chi connectivity index (χ4n) is 11.4. The number of anilines is 1. The molecule has 8 aromatic rings. The Morgan fingerprint density at radius 1 is 0.926 bits per heavy atom. The molecule has 0 unspecified atom stereocenters. The van der Waals surface area contributed by atoms with E-state index in [0.29, 0.717) is 69.2 Å². The number of benzene rings is 4. The Kier molecular flexibility index (Phi) is 14.5. The molecule has 12 rings (SSSR count). The number of likely N-dealkylation sites (tertiary alicyclic amines) is 1. The predicted octanol–water partition coefficient (Wildman–Crippen LogP) is 7.63. The number of carbonyl (C=O) groups excluding carboxylic acids is 2. The third kappa shape index (κ3) is 10.3. The highest BCUT2D eigenvalue weighted by Gasteiger charge is 2.44. The molecule has 1 aliphatic carbocycles. The van der Waals surface area contributed by atoms with Crippen molar-refractivity contribution in [3.05, 3.63) is 137 Å². The molecule has 4 aromatic carbocycles. The van der Waals surface area contributed by atoms with Crippen molar-refractivity contribution < 1.29 is 42.8 Å². The third-order valence-electron chi connectivity index (χ3n) is 16.0. The SMILES string of the molecule is CO[C@@H](C)COc1nc(N2C[C@@H]3C=C2CN3)c2cc(C3CC3)c(-c3c(C)c(F)cc4[nH]ncc34)c(OCc3ccc(-c4cn([C@H](C(=O)N5C[C@H](O)C[C@H]5C(=O)N[C@@H](CO)c5ccc(-c6ccncc6F)cc5)C(C)C)nn4)cc3)c2n1. The van der Waals surface area contributed by atoms with Crippen LogP contribution in [0.1, 0.15) is 80.3 Å². The van der Waals surface area contributed by atoms with Gasteiger partial charge in [-0.2, -0.15) is 15.1 Å². The fourth-order valence-corrected chi connectivity index (χ4v) is 11.4. The van der Waals surface area contributed by atoms with Gasteiger partial charge in [-0.3, -0.25) is 19.7 Å². The highest BCUT2D eigenvalue weighted by atomic mass is 19.1. The van der Waals surface area contributed by atoms with E-state index in [2.05, 4.69) is 53.2 Å². The summed E-state index contributed by atoms with van der Waals surface area (Å²) in [6.45, 7) is 8.60. The fraction of sp³-hybridized carbons (Fsp3) is 0.367. The number of aromatic nitrogens is 8. The van der Waals surface area contributed by atoms with E-state index in [0.717, 1.165) is 57.8 Å². The molecule has 4 aliphatic rings. The number of aliphatic hydroxyl groups excluding tert-OH is 2. The standard InChI is InChI=1S/C60H62F2N12O7/c1-31(2)55(59(78)73-26-41(76)19-51(73)58(77)66-50(28-75)38-14-12-35(13-15-38)42-16-17-63-24-47(42)62)74-27-49(70-71-74)37-8-6-34(7-9-37)30-80-56-53(52-33(4)46(61)21-48-45(52)23-65-69-48)43(36-10-11-36)20-44-54(56)67-60(81-29-32(3)79-5)68-57(44)72-25-39-18-40(72)22-64-39/h6-9,12-18,20-21,23-24,27,31-32,36,39,41,50-51,55,64,75-76H,10-11,19,22,25-26,28-30H2,1-5H3,(H,65,69)(H,66,77)/t32-,39-,41+,50-,51-,55-/m0/s1. The van der Waals surface area contributed by atoms with Crippen molar-refractivity contribution in [2.45, 2.75) is 95.9 Å². The predicted molar refractivity (Wildman–Crippen MR) is 298 cm³/mol. The summed E-state index contributed by atoms with van der Waals surface area (Å²) in [6, 6.07) is 17.2. The second kappa shape index (κ2) is 22.0. The number of ether oxygens (including phenoxy) is 3. The average Bonchev–Trinajstić information content (AvgIpc) is 4.07. The molecule has 1 saturated carbocycles. The highest BCUT2D eigenvalue weighted by Crippen LogP contribution is 2.53. The van der Waals surface area contributed by atoms with Gasteiger partial charge >= 0.3 is 6.01 Å². The summed E-state index contributed by atoms with van der Waals surface area (Å²) < 4.78 is 50.9. The molecule has 4 aromatic heterocycles. The Bertz CT molecular complexity index is 3720. The number of carbonyl (C=O) groups is 2. The number of β-amino-alcohol motifs (C(OH)–C–C–N with tert-alkyl or cyclic N) is 1. The lowest BCUT2D eigenvalue weighted by Crippen LogP contribution is -2.50. The van der Waals surface area contributed by atoms with Gasteiger partial charge in [0.05, 0.1) is 49.0 Å². The van der Waals surface area contributed by atoms with Crippen LogP contribution in [0, 0.1) is 24.5 Å². The lowest BCUT2D eigenvalue weighted by atomic mass is 9.88. The number of hydrogen-bond donors (Lipinski definition) is 5. The van der Waals surface area contributed by atoms with E-state index in [1.165, 1.54) is 21.8 Å². The summed E-state index contributed by atoms with van der Waals surface area (Å²) in [4.78, 5) is 46.2. The summed E-state index contributed by atoms with van der Waals surface area (Å²) in [5.41, 5.74) is 8.64. The molecule has 0 spiro atoms. The number of amides is 2. The van der Waals surface area contributed by atoms with E-state index in [9.17, 15) is 24.2 Å². The molecule has 21 heteroatoms. The van der Waals surface area contributed by atoms with Gasteiger partial charge in [-0.15, -0.1) is 5.10 Å². The Morgan fingerprint density at radius 2 is 1.72 bits per heavy atom. The largest absolute Gasteiger partial charge is 0.486 e. The van der Waals surface area contributed by atoms with Crippen LogP contribution in [0.5, 0.6) is 11.8 Å². The van der Waals surface area contributed by atoms with E-state index in [1.807, 2.05) is 45.0 Å². The number of fused-ring (bicyclic) bond motifs is 3. The molecular weight excluding hydrogens is 1040 g/mol. The maximum atomic E-state index is 16.1. The summed E-state index contributed by atoms with van der Waals surface area (Å²) in [6.07, 6.45) is 8.97. The molecule has 2 amide bonds. The number of H-pyrrole nitrogens is 1. The van der Waals surface area contributed by atoms with Crippen LogP contribution < -0.4 is 25.0 Å². The minimum atomic E-state index is -1.04. The van der Waals surface area contributed by atoms with Crippen molar-refractivity contribution in [3.63, 3.8) is 0 Å². The number of methoxy groups -OCH3 is 1. The number of halogens is 2. The van der Waals surface area contributed by atoms with E-state index < -0.39 is 48.5 Å². The molecular formula is C60H62F2N12O7. The van der Waals surface area contributed by atoms with Crippen molar-refractivity contribution in [2.75, 3.05) is 44.9 Å². The third-order valence-corrected chi connectivity index (χ3v) is 16.0. The van der Waals surface area contributed by atoms with Gasteiger partial charge in [0.15, 0.2) is 5.75 Å². The molecule has 19 nitrogen and oxygen atoms in total. The van der Waals surface area contributed by atoms with Crippen molar-refractivity contribution in [1.29, 1.82) is 0 Å².